The van der Waals surface area contributed by atoms with Gasteiger partial charge in [0.2, 0.25) is 0 Å². The predicted molar refractivity (Wildman–Crippen MR) is 106 cm³/mol. The van der Waals surface area contributed by atoms with Crippen molar-refractivity contribution in [2.45, 2.75) is 58.8 Å². The van der Waals surface area contributed by atoms with Gasteiger partial charge in [0, 0.05) is 18.9 Å². The molecule has 0 aromatic carbocycles. The SMILES string of the molecule is C=C1C(=O)O[C@H]2/C=C(\C)C[C@@H](O)/C=C(\C)C[C@@H](OC(=O)/C(=C\C)COC(C)=O)[C@@H]12. The second-order valence-electron chi connectivity index (χ2n) is 7.46. The van der Waals surface area contributed by atoms with E-state index in [0.29, 0.717) is 12.8 Å². The van der Waals surface area contributed by atoms with Gasteiger partial charge < -0.3 is 19.3 Å². The number of fused-ring (bicyclic) bond motifs is 1. The number of esters is 3. The molecular formula is C22H28O7. The lowest BCUT2D eigenvalue weighted by molar-refractivity contribution is -0.148. The molecule has 7 nitrogen and oxygen atoms in total. The highest BCUT2D eigenvalue weighted by Crippen LogP contribution is 2.36. The lowest BCUT2D eigenvalue weighted by atomic mass is 9.85. The van der Waals surface area contributed by atoms with Crippen molar-refractivity contribution in [1.82, 2.24) is 0 Å². The molecule has 4 atom stereocenters. The molecule has 0 unspecified atom stereocenters. The van der Waals surface area contributed by atoms with Gasteiger partial charge in [-0.1, -0.05) is 29.9 Å². The van der Waals surface area contributed by atoms with Gasteiger partial charge in [0.15, 0.2) is 0 Å². The van der Waals surface area contributed by atoms with Crippen LogP contribution in [0.25, 0.3) is 0 Å². The Balaban J connectivity index is 2.34. The largest absolute Gasteiger partial charge is 0.461 e. The van der Waals surface area contributed by atoms with Gasteiger partial charge in [-0.2, -0.15) is 0 Å². The summed E-state index contributed by atoms with van der Waals surface area (Å²) in [5.74, 6) is -2.23. The number of aliphatic hydroxyl groups excluding tert-OH is 1. The Morgan fingerprint density at radius 1 is 1.28 bits per heavy atom. The molecule has 1 aliphatic heterocycles. The predicted octanol–water partition coefficient (Wildman–Crippen LogP) is 2.55. The maximum absolute atomic E-state index is 12.7. The second-order valence-corrected chi connectivity index (χ2v) is 7.46. The van der Waals surface area contributed by atoms with E-state index < -0.39 is 42.1 Å². The summed E-state index contributed by atoms with van der Waals surface area (Å²) in [5.41, 5.74) is 2.11. The van der Waals surface area contributed by atoms with E-state index in [1.807, 2.05) is 13.8 Å². The molecule has 0 saturated carbocycles. The van der Waals surface area contributed by atoms with E-state index in [4.69, 9.17) is 14.2 Å². The highest BCUT2D eigenvalue weighted by atomic mass is 16.6. The topological polar surface area (TPSA) is 99.1 Å². The van der Waals surface area contributed by atoms with Crippen LogP contribution in [0.5, 0.6) is 0 Å². The van der Waals surface area contributed by atoms with E-state index in [1.54, 1.807) is 19.1 Å². The van der Waals surface area contributed by atoms with Crippen molar-refractivity contribution < 1.29 is 33.7 Å². The number of aliphatic hydroxyl groups is 1. The monoisotopic (exact) mass is 404 g/mol. The molecule has 0 aromatic rings. The third-order valence-corrected chi connectivity index (χ3v) is 4.94. The quantitative estimate of drug-likeness (QED) is 0.333. The molecule has 1 saturated heterocycles. The molecule has 7 heteroatoms. The van der Waals surface area contributed by atoms with E-state index in [9.17, 15) is 19.5 Å². The average Bonchev–Trinajstić information content (AvgIpc) is 2.87. The Bertz CT molecular complexity index is 787. The normalized spacial score (nSPS) is 31.6. The molecule has 2 rings (SSSR count). The van der Waals surface area contributed by atoms with Crippen molar-refractivity contribution in [3.63, 3.8) is 0 Å². The maximum atomic E-state index is 12.7. The van der Waals surface area contributed by atoms with Crippen LogP contribution in [0, 0.1) is 5.92 Å². The zero-order valence-electron chi connectivity index (χ0n) is 17.3. The minimum atomic E-state index is -0.732. The smallest absolute Gasteiger partial charge is 0.337 e. The van der Waals surface area contributed by atoms with Crippen molar-refractivity contribution in [2.24, 2.45) is 5.92 Å². The Hall–Kier alpha value is -2.67. The molecule has 1 aliphatic carbocycles. The van der Waals surface area contributed by atoms with Gasteiger partial charge in [-0.3, -0.25) is 4.79 Å². The molecular weight excluding hydrogens is 376 g/mol. The average molecular weight is 404 g/mol. The van der Waals surface area contributed by atoms with Crippen LogP contribution in [0.3, 0.4) is 0 Å². The van der Waals surface area contributed by atoms with Crippen molar-refractivity contribution in [1.29, 1.82) is 0 Å². The standard InChI is InChI=1S/C22H28O7/c1-6-16(11-27-15(5)23)22(26)29-19-10-13(3)8-17(24)7-12(2)9-18-20(19)14(4)21(25)28-18/h6,8-9,17-20,24H,4,7,10-11H2,1-3,5H3/b12-9+,13-8+,16-6-/t17-,18+,19-,20+/m1/s1. The molecule has 2 aliphatic rings. The third kappa shape index (κ3) is 5.90. The summed E-state index contributed by atoms with van der Waals surface area (Å²) in [6.07, 6.45) is 3.68. The number of allylic oxidation sites excluding steroid dienone is 1. The number of rotatable bonds is 4. The number of hydrogen-bond acceptors (Lipinski definition) is 7. The molecule has 1 fully saturated rings. The van der Waals surface area contributed by atoms with Crippen molar-refractivity contribution in [3.05, 3.63) is 47.1 Å². The van der Waals surface area contributed by atoms with Crippen LogP contribution in [0.2, 0.25) is 0 Å². The first-order valence-electron chi connectivity index (χ1n) is 9.54. The van der Waals surface area contributed by atoms with E-state index in [1.165, 1.54) is 13.0 Å². The summed E-state index contributed by atoms with van der Waals surface area (Å²) in [4.78, 5) is 35.9. The molecule has 158 valence electrons. The lowest BCUT2D eigenvalue weighted by Crippen LogP contribution is -2.34. The fraction of sp³-hybridized carbons (Fsp3) is 0.500. The first kappa shape index (κ1) is 22.6. The minimum Gasteiger partial charge on any atom is -0.461 e. The van der Waals surface area contributed by atoms with Crippen molar-refractivity contribution in [2.75, 3.05) is 6.61 Å². The maximum Gasteiger partial charge on any atom is 0.337 e. The first-order chi connectivity index (χ1) is 13.6. The molecule has 1 N–H and O–H groups in total. The van der Waals surface area contributed by atoms with E-state index in [0.717, 1.165) is 11.1 Å². The second kappa shape index (κ2) is 9.69. The molecule has 0 aromatic heterocycles. The summed E-state index contributed by atoms with van der Waals surface area (Å²) in [6.45, 7) is 10.2. The van der Waals surface area contributed by atoms with Crippen LogP contribution in [-0.2, 0) is 28.6 Å². The molecule has 0 radical (unpaired) electrons. The summed E-state index contributed by atoms with van der Waals surface area (Å²) >= 11 is 0. The van der Waals surface area contributed by atoms with Crippen LogP contribution >= 0.6 is 0 Å². The summed E-state index contributed by atoms with van der Waals surface area (Å²) < 4.78 is 16.1. The van der Waals surface area contributed by atoms with Crippen LogP contribution in [-0.4, -0.2) is 47.9 Å². The molecule has 0 bridgehead atoms. The fourth-order valence-electron chi connectivity index (χ4n) is 3.53. The highest BCUT2D eigenvalue weighted by Gasteiger charge is 2.44. The number of carbonyl (C=O) groups excluding carboxylic acids is 3. The van der Waals surface area contributed by atoms with E-state index in [-0.39, 0.29) is 17.8 Å². The van der Waals surface area contributed by atoms with E-state index in [2.05, 4.69) is 6.58 Å². The molecule has 0 amide bonds. The fourth-order valence-corrected chi connectivity index (χ4v) is 3.53. The summed E-state index contributed by atoms with van der Waals surface area (Å²) in [7, 11) is 0. The van der Waals surface area contributed by atoms with Crippen LogP contribution in [0.4, 0.5) is 0 Å². The van der Waals surface area contributed by atoms with Crippen LogP contribution in [0.15, 0.2) is 47.1 Å². The number of hydrogen-bond donors (Lipinski definition) is 1. The summed E-state index contributed by atoms with van der Waals surface area (Å²) in [6, 6.07) is 0. The first-order valence-corrected chi connectivity index (χ1v) is 9.54. The zero-order chi connectivity index (χ0) is 21.7. The van der Waals surface area contributed by atoms with Gasteiger partial charge in [0.25, 0.3) is 0 Å². The number of ether oxygens (including phenoxy) is 3. The Morgan fingerprint density at radius 3 is 2.55 bits per heavy atom. The van der Waals surface area contributed by atoms with Crippen LogP contribution in [0.1, 0.15) is 40.5 Å². The molecule has 29 heavy (non-hydrogen) atoms. The summed E-state index contributed by atoms with van der Waals surface area (Å²) in [5, 5.41) is 10.2. The van der Waals surface area contributed by atoms with Gasteiger partial charge in [-0.05, 0) is 33.3 Å². The van der Waals surface area contributed by atoms with Crippen molar-refractivity contribution >= 4 is 17.9 Å². The van der Waals surface area contributed by atoms with Gasteiger partial charge >= 0.3 is 17.9 Å². The van der Waals surface area contributed by atoms with Gasteiger partial charge in [0.05, 0.1) is 17.6 Å². The minimum absolute atomic E-state index is 0.193. The van der Waals surface area contributed by atoms with Gasteiger partial charge in [-0.15, -0.1) is 0 Å². The van der Waals surface area contributed by atoms with Crippen molar-refractivity contribution in [3.8, 4) is 0 Å². The third-order valence-electron chi connectivity index (χ3n) is 4.94. The Kier molecular flexibility index (Phi) is 7.56. The zero-order valence-corrected chi connectivity index (χ0v) is 17.3. The Morgan fingerprint density at radius 2 is 1.93 bits per heavy atom. The van der Waals surface area contributed by atoms with E-state index >= 15 is 0 Å². The van der Waals surface area contributed by atoms with Gasteiger partial charge in [-0.25, -0.2) is 9.59 Å². The Labute approximate surface area is 170 Å². The molecule has 1 heterocycles. The lowest BCUT2D eigenvalue weighted by Gasteiger charge is -2.28. The molecule has 0 spiro atoms. The van der Waals surface area contributed by atoms with Gasteiger partial charge in [0.1, 0.15) is 18.8 Å². The van der Waals surface area contributed by atoms with Crippen LogP contribution < -0.4 is 0 Å². The highest BCUT2D eigenvalue weighted by molar-refractivity contribution is 5.92. The number of carbonyl (C=O) groups is 3.